The van der Waals surface area contributed by atoms with Gasteiger partial charge in [-0.25, -0.2) is 0 Å². The van der Waals surface area contributed by atoms with Crippen molar-refractivity contribution in [2.45, 2.75) is 32.1 Å². The second-order valence-electron chi connectivity index (χ2n) is 6.47. The maximum absolute atomic E-state index is 12.3. The van der Waals surface area contributed by atoms with Crippen LogP contribution in [0, 0.1) is 11.8 Å². The van der Waals surface area contributed by atoms with Crippen LogP contribution in [-0.2, 0) is 4.79 Å². The Morgan fingerprint density at radius 3 is 2.36 bits per heavy atom. The topological polar surface area (TPSA) is 97.1 Å². The second kappa shape index (κ2) is 7.92. The Morgan fingerprint density at radius 1 is 1.12 bits per heavy atom. The molecule has 2 N–H and O–H groups in total. The number of aliphatic carboxylic acids is 1. The fraction of sp³-hybridized carbons (Fsp3) is 0.444. The number of rotatable bonds is 6. The average Bonchev–Trinajstić information content (AvgIpc) is 3.17. The first-order valence-corrected chi connectivity index (χ1v) is 8.61. The highest BCUT2D eigenvalue weighted by Crippen LogP contribution is 2.30. The highest BCUT2D eigenvalue weighted by molar-refractivity contribution is 5.94. The molecule has 1 unspecified atom stereocenters. The third-order valence-corrected chi connectivity index (χ3v) is 4.86. The first kappa shape index (κ1) is 17.1. The molecular formula is C18H22N4O3. The highest BCUT2D eigenvalue weighted by atomic mass is 16.4. The summed E-state index contributed by atoms with van der Waals surface area (Å²) in [6.07, 6.45) is 8.35. The fourth-order valence-corrected chi connectivity index (χ4v) is 3.42. The molecule has 1 aliphatic carbocycles. The van der Waals surface area contributed by atoms with Crippen LogP contribution in [0.2, 0.25) is 0 Å². The Hall–Kier alpha value is -2.70. The van der Waals surface area contributed by atoms with E-state index in [1.807, 2.05) is 0 Å². The first-order chi connectivity index (χ1) is 12.1. The molecular weight excluding hydrogens is 320 g/mol. The van der Waals surface area contributed by atoms with Crippen LogP contribution in [0.1, 0.15) is 42.5 Å². The molecule has 2 aromatic rings. The van der Waals surface area contributed by atoms with Crippen LogP contribution in [-0.4, -0.2) is 38.3 Å². The Labute approximate surface area is 146 Å². The molecule has 7 nitrogen and oxygen atoms in total. The van der Waals surface area contributed by atoms with Gasteiger partial charge in [0.05, 0.1) is 5.92 Å². The van der Waals surface area contributed by atoms with Crippen molar-refractivity contribution in [3.8, 4) is 5.69 Å². The zero-order valence-corrected chi connectivity index (χ0v) is 14.0. The van der Waals surface area contributed by atoms with E-state index < -0.39 is 11.9 Å². The monoisotopic (exact) mass is 342 g/mol. The molecule has 1 saturated carbocycles. The van der Waals surface area contributed by atoms with Gasteiger partial charge in [0.15, 0.2) is 0 Å². The van der Waals surface area contributed by atoms with Gasteiger partial charge in [-0.3, -0.25) is 14.2 Å². The SMILES string of the molecule is O=C(NCC(C(=O)O)C1CCCCC1)c1ccc(-n2cnnc2)cc1. The molecule has 0 saturated heterocycles. The predicted molar refractivity (Wildman–Crippen MR) is 91.4 cm³/mol. The van der Waals surface area contributed by atoms with Gasteiger partial charge >= 0.3 is 5.97 Å². The van der Waals surface area contributed by atoms with Gasteiger partial charge in [0.25, 0.3) is 5.91 Å². The maximum Gasteiger partial charge on any atom is 0.308 e. The lowest BCUT2D eigenvalue weighted by molar-refractivity contribution is -0.143. The number of hydrogen-bond acceptors (Lipinski definition) is 4. The number of benzene rings is 1. The molecule has 25 heavy (non-hydrogen) atoms. The van der Waals surface area contributed by atoms with Crippen molar-refractivity contribution in [3.05, 3.63) is 42.5 Å². The molecule has 1 fully saturated rings. The third-order valence-electron chi connectivity index (χ3n) is 4.86. The molecule has 0 aliphatic heterocycles. The van der Waals surface area contributed by atoms with Gasteiger partial charge in [0, 0.05) is 17.8 Å². The quantitative estimate of drug-likeness (QED) is 0.839. The van der Waals surface area contributed by atoms with Gasteiger partial charge in [0.2, 0.25) is 0 Å². The lowest BCUT2D eigenvalue weighted by atomic mass is 9.80. The largest absolute Gasteiger partial charge is 0.481 e. The van der Waals surface area contributed by atoms with Crippen LogP contribution in [0.25, 0.3) is 5.69 Å². The van der Waals surface area contributed by atoms with E-state index in [-0.39, 0.29) is 18.4 Å². The Bertz CT molecular complexity index is 706. The van der Waals surface area contributed by atoms with Crippen LogP contribution in [0.4, 0.5) is 0 Å². The van der Waals surface area contributed by atoms with Crippen molar-refractivity contribution in [1.29, 1.82) is 0 Å². The van der Waals surface area contributed by atoms with Gasteiger partial charge < -0.3 is 10.4 Å². The fourth-order valence-electron chi connectivity index (χ4n) is 3.42. The number of hydrogen-bond donors (Lipinski definition) is 2. The van der Waals surface area contributed by atoms with Crippen LogP contribution >= 0.6 is 0 Å². The normalized spacial score (nSPS) is 16.3. The lowest BCUT2D eigenvalue weighted by Gasteiger charge is -2.27. The Morgan fingerprint density at radius 2 is 1.76 bits per heavy atom. The second-order valence-corrected chi connectivity index (χ2v) is 6.47. The first-order valence-electron chi connectivity index (χ1n) is 8.61. The van der Waals surface area contributed by atoms with Crippen molar-refractivity contribution in [1.82, 2.24) is 20.1 Å². The molecule has 1 aromatic heterocycles. The number of carboxylic acid groups (broad SMARTS) is 1. The zero-order chi connectivity index (χ0) is 17.6. The van der Waals surface area contributed by atoms with E-state index in [0.29, 0.717) is 5.56 Å². The van der Waals surface area contributed by atoms with Crippen LogP contribution in [0.15, 0.2) is 36.9 Å². The summed E-state index contributed by atoms with van der Waals surface area (Å²) in [5.74, 6) is -1.43. The molecule has 1 aromatic carbocycles. The van der Waals surface area contributed by atoms with Crippen molar-refractivity contribution in [2.24, 2.45) is 11.8 Å². The summed E-state index contributed by atoms with van der Waals surface area (Å²) >= 11 is 0. The number of amides is 1. The summed E-state index contributed by atoms with van der Waals surface area (Å²) in [4.78, 5) is 23.9. The van der Waals surface area contributed by atoms with E-state index in [9.17, 15) is 14.7 Å². The highest BCUT2D eigenvalue weighted by Gasteiger charge is 2.29. The number of carbonyl (C=O) groups is 2. The van der Waals surface area contributed by atoms with E-state index in [1.54, 1.807) is 41.5 Å². The summed E-state index contributed by atoms with van der Waals surface area (Å²) in [5, 5.41) is 19.8. The smallest absolute Gasteiger partial charge is 0.308 e. The van der Waals surface area contributed by atoms with Gasteiger partial charge in [0.1, 0.15) is 12.7 Å². The summed E-state index contributed by atoms with van der Waals surface area (Å²) in [7, 11) is 0. The molecule has 1 amide bonds. The number of carboxylic acids is 1. The van der Waals surface area contributed by atoms with E-state index in [1.165, 1.54) is 6.42 Å². The standard InChI is InChI=1S/C18H22N4O3/c23-17(14-6-8-15(9-7-14)22-11-20-21-12-22)19-10-16(18(24)25)13-4-2-1-3-5-13/h6-9,11-13,16H,1-5,10H2,(H,19,23)(H,24,25). The van der Waals surface area contributed by atoms with Crippen molar-refractivity contribution in [3.63, 3.8) is 0 Å². The molecule has 1 atom stereocenters. The van der Waals surface area contributed by atoms with Crippen molar-refractivity contribution >= 4 is 11.9 Å². The molecule has 0 radical (unpaired) electrons. The van der Waals surface area contributed by atoms with Gasteiger partial charge in [-0.1, -0.05) is 19.3 Å². The summed E-state index contributed by atoms with van der Waals surface area (Å²) < 4.78 is 1.74. The molecule has 3 rings (SSSR count). The zero-order valence-electron chi connectivity index (χ0n) is 14.0. The van der Waals surface area contributed by atoms with Crippen molar-refractivity contribution in [2.75, 3.05) is 6.54 Å². The Balaban J connectivity index is 1.60. The molecule has 1 aliphatic rings. The molecule has 132 valence electrons. The third kappa shape index (κ3) is 4.23. The number of nitrogens with one attached hydrogen (secondary N) is 1. The molecule has 0 spiro atoms. The number of carbonyl (C=O) groups excluding carboxylic acids is 1. The molecule has 7 heteroatoms. The number of nitrogens with zero attached hydrogens (tertiary/aromatic N) is 3. The Kier molecular flexibility index (Phi) is 5.42. The van der Waals surface area contributed by atoms with E-state index >= 15 is 0 Å². The maximum atomic E-state index is 12.3. The summed E-state index contributed by atoms with van der Waals surface area (Å²) in [5.41, 5.74) is 1.36. The summed E-state index contributed by atoms with van der Waals surface area (Å²) in [6.45, 7) is 0.173. The van der Waals surface area contributed by atoms with Gasteiger partial charge in [-0.15, -0.1) is 10.2 Å². The summed E-state index contributed by atoms with van der Waals surface area (Å²) in [6, 6.07) is 7.02. The minimum Gasteiger partial charge on any atom is -0.481 e. The minimum absolute atomic E-state index is 0.155. The van der Waals surface area contributed by atoms with Crippen molar-refractivity contribution < 1.29 is 14.7 Å². The van der Waals surface area contributed by atoms with Crippen LogP contribution in [0.5, 0.6) is 0 Å². The molecule has 1 heterocycles. The van der Waals surface area contributed by atoms with E-state index in [0.717, 1.165) is 31.4 Å². The van der Waals surface area contributed by atoms with Gasteiger partial charge in [-0.05, 0) is 43.0 Å². The van der Waals surface area contributed by atoms with Crippen LogP contribution in [0.3, 0.4) is 0 Å². The predicted octanol–water partition coefficient (Wildman–Crippen LogP) is 2.28. The minimum atomic E-state index is -0.824. The average molecular weight is 342 g/mol. The van der Waals surface area contributed by atoms with E-state index in [2.05, 4.69) is 15.5 Å². The van der Waals surface area contributed by atoms with E-state index in [4.69, 9.17) is 0 Å². The van der Waals surface area contributed by atoms with Gasteiger partial charge in [-0.2, -0.15) is 0 Å². The lowest BCUT2D eigenvalue weighted by Crippen LogP contribution is -2.37. The molecule has 0 bridgehead atoms. The number of aromatic nitrogens is 3. The van der Waals surface area contributed by atoms with Crippen LogP contribution < -0.4 is 5.32 Å².